The molecule has 3 rings (SSSR count). The molecular formula is C21H23ClN2O2. The van der Waals surface area contributed by atoms with E-state index >= 15 is 0 Å². The number of carbonyl (C=O) groups excluding carboxylic acids is 2. The molecule has 0 heterocycles. The summed E-state index contributed by atoms with van der Waals surface area (Å²) in [6.45, 7) is 3.10. The maximum Gasteiger partial charge on any atom is 0.224 e. The van der Waals surface area contributed by atoms with Crippen LogP contribution < -0.4 is 10.6 Å². The number of amides is 2. The van der Waals surface area contributed by atoms with Crippen molar-refractivity contribution in [2.45, 2.75) is 26.3 Å². The van der Waals surface area contributed by atoms with Crippen molar-refractivity contribution in [1.29, 1.82) is 0 Å². The van der Waals surface area contributed by atoms with Crippen molar-refractivity contribution in [2.75, 3.05) is 6.54 Å². The summed E-state index contributed by atoms with van der Waals surface area (Å²) in [6.07, 6.45) is 1.38. The molecule has 4 nitrogen and oxygen atoms in total. The number of nitrogens with one attached hydrogen (secondary N) is 2. The van der Waals surface area contributed by atoms with Crippen LogP contribution in [0, 0.1) is 18.8 Å². The van der Waals surface area contributed by atoms with Crippen molar-refractivity contribution >= 4 is 23.4 Å². The quantitative estimate of drug-likeness (QED) is 0.786. The fourth-order valence-corrected chi connectivity index (χ4v) is 3.04. The standard InChI is InChI=1S/C21H23ClN2O2/c1-14-2-4-16(5-3-14)13-24-21(26)19-12-18(19)20(25)23-11-10-15-6-8-17(22)9-7-15/h2-9,18-19H,10-13H2,1H3,(H,23,25)(H,24,26). The number of rotatable bonds is 7. The maximum atomic E-state index is 12.2. The van der Waals surface area contributed by atoms with Crippen molar-refractivity contribution in [3.8, 4) is 0 Å². The summed E-state index contributed by atoms with van der Waals surface area (Å²) in [5, 5.41) is 6.55. The van der Waals surface area contributed by atoms with Crippen LogP contribution in [0.3, 0.4) is 0 Å². The molecular weight excluding hydrogens is 348 g/mol. The van der Waals surface area contributed by atoms with E-state index in [9.17, 15) is 9.59 Å². The van der Waals surface area contributed by atoms with Crippen molar-refractivity contribution in [1.82, 2.24) is 10.6 Å². The Hall–Kier alpha value is -2.33. The highest BCUT2D eigenvalue weighted by molar-refractivity contribution is 6.30. The van der Waals surface area contributed by atoms with Crippen molar-refractivity contribution in [2.24, 2.45) is 11.8 Å². The van der Waals surface area contributed by atoms with E-state index in [4.69, 9.17) is 11.6 Å². The normalized spacial score (nSPS) is 18.2. The van der Waals surface area contributed by atoms with Gasteiger partial charge < -0.3 is 10.6 Å². The van der Waals surface area contributed by atoms with Crippen LogP contribution in [-0.4, -0.2) is 18.4 Å². The van der Waals surface area contributed by atoms with Gasteiger partial charge in [-0.2, -0.15) is 0 Å². The van der Waals surface area contributed by atoms with Crippen molar-refractivity contribution in [3.05, 3.63) is 70.2 Å². The largest absolute Gasteiger partial charge is 0.356 e. The Morgan fingerprint density at radius 3 is 2.15 bits per heavy atom. The molecule has 1 aliphatic carbocycles. The molecule has 0 spiro atoms. The summed E-state index contributed by atoms with van der Waals surface area (Å²) >= 11 is 5.86. The average molecular weight is 371 g/mol. The highest BCUT2D eigenvalue weighted by Crippen LogP contribution is 2.38. The molecule has 2 N–H and O–H groups in total. The van der Waals surface area contributed by atoms with Gasteiger partial charge in [0.15, 0.2) is 0 Å². The van der Waals surface area contributed by atoms with E-state index < -0.39 is 0 Å². The predicted octanol–water partition coefficient (Wildman–Crippen LogP) is 3.26. The molecule has 1 fully saturated rings. The fourth-order valence-electron chi connectivity index (χ4n) is 2.91. The summed E-state index contributed by atoms with van der Waals surface area (Å²) in [6, 6.07) is 15.6. The lowest BCUT2D eigenvalue weighted by atomic mass is 10.1. The number of hydrogen-bond donors (Lipinski definition) is 2. The van der Waals surface area contributed by atoms with E-state index in [0.717, 1.165) is 17.5 Å². The molecule has 2 amide bonds. The van der Waals surface area contributed by atoms with E-state index in [1.807, 2.05) is 55.5 Å². The summed E-state index contributed by atoms with van der Waals surface area (Å²) in [5.74, 6) is -0.466. The monoisotopic (exact) mass is 370 g/mol. The SMILES string of the molecule is Cc1ccc(CNC(=O)C2CC2C(=O)NCCc2ccc(Cl)cc2)cc1. The highest BCUT2D eigenvalue weighted by Gasteiger charge is 2.47. The second-order valence-electron chi connectivity index (χ2n) is 6.82. The second kappa shape index (κ2) is 8.37. The molecule has 0 radical (unpaired) electrons. The number of benzene rings is 2. The van der Waals surface area contributed by atoms with E-state index in [1.54, 1.807) is 0 Å². The summed E-state index contributed by atoms with van der Waals surface area (Å²) < 4.78 is 0. The van der Waals surface area contributed by atoms with Gasteiger partial charge in [-0.05, 0) is 43.0 Å². The second-order valence-corrected chi connectivity index (χ2v) is 7.26. The lowest BCUT2D eigenvalue weighted by Crippen LogP contribution is -2.31. The van der Waals surface area contributed by atoms with Gasteiger partial charge in [-0.25, -0.2) is 0 Å². The molecule has 0 aromatic heterocycles. The molecule has 26 heavy (non-hydrogen) atoms. The van der Waals surface area contributed by atoms with Crippen molar-refractivity contribution < 1.29 is 9.59 Å². The minimum Gasteiger partial charge on any atom is -0.356 e. The molecule has 2 unspecified atom stereocenters. The van der Waals surface area contributed by atoms with Gasteiger partial charge in [0.25, 0.3) is 0 Å². The van der Waals surface area contributed by atoms with Gasteiger partial charge in [-0.1, -0.05) is 53.6 Å². The lowest BCUT2D eigenvalue weighted by Gasteiger charge is -2.07. The summed E-state index contributed by atoms with van der Waals surface area (Å²) in [4.78, 5) is 24.3. The third-order valence-electron chi connectivity index (χ3n) is 4.68. The predicted molar refractivity (Wildman–Crippen MR) is 103 cm³/mol. The van der Waals surface area contributed by atoms with E-state index in [-0.39, 0.29) is 23.7 Å². The van der Waals surface area contributed by atoms with Crippen LogP contribution in [0.4, 0.5) is 0 Å². The minimum atomic E-state index is -0.198. The smallest absolute Gasteiger partial charge is 0.224 e. The van der Waals surface area contributed by atoms with Gasteiger partial charge in [0.1, 0.15) is 0 Å². The van der Waals surface area contributed by atoms with E-state index in [1.165, 1.54) is 5.56 Å². The van der Waals surface area contributed by atoms with Crippen LogP contribution in [0.2, 0.25) is 5.02 Å². The maximum absolute atomic E-state index is 12.2. The molecule has 0 saturated heterocycles. The third kappa shape index (κ3) is 5.09. The Bertz CT molecular complexity index is 772. The molecule has 1 saturated carbocycles. The first-order valence-electron chi connectivity index (χ1n) is 8.88. The van der Waals surface area contributed by atoms with Gasteiger partial charge >= 0.3 is 0 Å². The third-order valence-corrected chi connectivity index (χ3v) is 4.93. The zero-order valence-corrected chi connectivity index (χ0v) is 15.6. The Labute approximate surface area is 158 Å². The number of halogens is 1. The molecule has 0 aliphatic heterocycles. The number of carbonyl (C=O) groups is 2. The summed E-state index contributed by atoms with van der Waals surface area (Å²) in [7, 11) is 0. The van der Waals surface area contributed by atoms with E-state index in [0.29, 0.717) is 24.5 Å². The van der Waals surface area contributed by atoms with Crippen LogP contribution in [0.15, 0.2) is 48.5 Å². The van der Waals surface area contributed by atoms with Gasteiger partial charge in [-0.15, -0.1) is 0 Å². The Balaban J connectivity index is 1.37. The van der Waals surface area contributed by atoms with Crippen LogP contribution in [-0.2, 0) is 22.6 Å². The van der Waals surface area contributed by atoms with Gasteiger partial charge in [0.2, 0.25) is 11.8 Å². The lowest BCUT2D eigenvalue weighted by molar-refractivity contribution is -0.127. The molecule has 0 bridgehead atoms. The zero-order valence-electron chi connectivity index (χ0n) is 14.8. The van der Waals surface area contributed by atoms with Gasteiger partial charge in [-0.3, -0.25) is 9.59 Å². The minimum absolute atomic E-state index is 0.0329. The van der Waals surface area contributed by atoms with Crippen LogP contribution in [0.25, 0.3) is 0 Å². The first-order valence-corrected chi connectivity index (χ1v) is 9.26. The topological polar surface area (TPSA) is 58.2 Å². The number of hydrogen-bond acceptors (Lipinski definition) is 2. The van der Waals surface area contributed by atoms with Crippen molar-refractivity contribution in [3.63, 3.8) is 0 Å². The first-order chi connectivity index (χ1) is 12.5. The molecule has 2 aromatic carbocycles. The zero-order chi connectivity index (χ0) is 18.5. The Kier molecular flexibility index (Phi) is 5.94. The molecule has 5 heteroatoms. The van der Waals surface area contributed by atoms with E-state index in [2.05, 4.69) is 10.6 Å². The Morgan fingerprint density at radius 1 is 0.923 bits per heavy atom. The fraction of sp³-hybridized carbons (Fsp3) is 0.333. The Morgan fingerprint density at radius 2 is 1.50 bits per heavy atom. The molecule has 1 aliphatic rings. The van der Waals surface area contributed by atoms with Gasteiger partial charge in [0, 0.05) is 18.1 Å². The highest BCUT2D eigenvalue weighted by atomic mass is 35.5. The molecule has 2 atom stereocenters. The van der Waals surface area contributed by atoms with Gasteiger partial charge in [0.05, 0.1) is 11.8 Å². The van der Waals surface area contributed by atoms with Crippen LogP contribution >= 0.6 is 11.6 Å². The summed E-state index contributed by atoms with van der Waals surface area (Å²) in [5.41, 5.74) is 3.38. The molecule has 2 aromatic rings. The van der Waals surface area contributed by atoms with Crippen LogP contribution in [0.5, 0.6) is 0 Å². The van der Waals surface area contributed by atoms with Crippen LogP contribution in [0.1, 0.15) is 23.1 Å². The first kappa shape index (κ1) is 18.5. The molecule has 136 valence electrons. The number of aryl methyl sites for hydroxylation is 1. The average Bonchev–Trinajstić information content (AvgIpc) is 3.43.